The zero-order valence-electron chi connectivity index (χ0n) is 38.5. The van der Waals surface area contributed by atoms with E-state index in [2.05, 4.69) is 55.6 Å². The first-order chi connectivity index (χ1) is 29.3. The molecule has 350 valence electrons. The molecule has 0 aromatic carbocycles. The zero-order valence-corrected chi connectivity index (χ0v) is 38.5. The molecule has 1 aliphatic rings. The van der Waals surface area contributed by atoms with Gasteiger partial charge in [-0.2, -0.15) is 0 Å². The first-order valence-corrected chi connectivity index (χ1v) is 24.9. The van der Waals surface area contributed by atoms with Gasteiger partial charge in [-0.15, -0.1) is 0 Å². The molecule has 1 aliphatic heterocycles. The Bertz CT molecular complexity index is 1080. The molecule has 1 saturated heterocycles. The van der Waals surface area contributed by atoms with Gasteiger partial charge in [0.15, 0.2) is 6.29 Å². The summed E-state index contributed by atoms with van der Waals surface area (Å²) in [6.07, 6.45) is 45.8. The minimum atomic E-state index is -1.57. The van der Waals surface area contributed by atoms with Gasteiger partial charge >= 0.3 is 0 Å². The Morgan fingerprint density at radius 3 is 1.45 bits per heavy atom. The molecule has 60 heavy (non-hydrogen) atoms. The third-order valence-electron chi connectivity index (χ3n) is 11.6. The fourth-order valence-corrected chi connectivity index (χ4v) is 7.63. The first kappa shape index (κ1) is 56.2. The summed E-state index contributed by atoms with van der Waals surface area (Å²) in [6.45, 7) is 3.76. The third-order valence-corrected chi connectivity index (χ3v) is 11.6. The number of aliphatic hydroxyl groups excluding tert-OH is 5. The minimum absolute atomic E-state index is 0.190. The summed E-state index contributed by atoms with van der Waals surface area (Å²) < 4.78 is 11.2. The molecule has 9 heteroatoms. The highest BCUT2D eigenvalue weighted by atomic mass is 16.7. The van der Waals surface area contributed by atoms with Crippen LogP contribution >= 0.6 is 0 Å². The number of ether oxygens (including phenoxy) is 2. The predicted molar refractivity (Wildman–Crippen MR) is 249 cm³/mol. The lowest BCUT2D eigenvalue weighted by molar-refractivity contribution is -0.302. The third kappa shape index (κ3) is 31.1. The van der Waals surface area contributed by atoms with E-state index in [0.29, 0.717) is 6.42 Å². The van der Waals surface area contributed by atoms with Gasteiger partial charge in [-0.1, -0.05) is 197 Å². The van der Waals surface area contributed by atoms with E-state index in [1.54, 1.807) is 6.08 Å². The Morgan fingerprint density at radius 2 is 0.983 bits per heavy atom. The van der Waals surface area contributed by atoms with Crippen LogP contribution in [0, 0.1) is 0 Å². The number of amides is 1. The Labute approximate surface area is 367 Å². The van der Waals surface area contributed by atoms with E-state index < -0.39 is 49.5 Å². The van der Waals surface area contributed by atoms with Crippen molar-refractivity contribution in [3.63, 3.8) is 0 Å². The maximum atomic E-state index is 13.0. The van der Waals surface area contributed by atoms with Crippen LogP contribution in [0.3, 0.4) is 0 Å². The van der Waals surface area contributed by atoms with Crippen molar-refractivity contribution in [2.75, 3.05) is 13.2 Å². The van der Waals surface area contributed by atoms with Gasteiger partial charge < -0.3 is 40.3 Å². The molecule has 1 heterocycles. The van der Waals surface area contributed by atoms with Crippen LogP contribution in [0.15, 0.2) is 48.6 Å². The van der Waals surface area contributed by atoms with Crippen molar-refractivity contribution in [3.8, 4) is 0 Å². The molecule has 0 aliphatic carbocycles. The molecule has 0 bridgehead atoms. The molecule has 1 rings (SSSR count). The summed E-state index contributed by atoms with van der Waals surface area (Å²) in [7, 11) is 0. The normalized spacial score (nSPS) is 20.9. The Kier molecular flexibility index (Phi) is 38.5. The number of rotatable bonds is 41. The number of nitrogens with one attached hydrogen (secondary N) is 1. The van der Waals surface area contributed by atoms with E-state index in [9.17, 15) is 30.3 Å². The maximum absolute atomic E-state index is 13.0. The molecule has 0 spiro atoms. The van der Waals surface area contributed by atoms with Crippen LogP contribution in [0.2, 0.25) is 0 Å². The molecule has 1 amide bonds. The Morgan fingerprint density at radius 1 is 0.567 bits per heavy atom. The second kappa shape index (κ2) is 41.2. The number of hydrogen-bond donors (Lipinski definition) is 6. The number of carbonyl (C=O) groups is 1. The molecule has 0 radical (unpaired) electrons. The van der Waals surface area contributed by atoms with Crippen LogP contribution in [0.4, 0.5) is 0 Å². The molecule has 9 nitrogen and oxygen atoms in total. The number of carbonyl (C=O) groups excluding carboxylic acids is 1. The van der Waals surface area contributed by atoms with Crippen molar-refractivity contribution in [1.29, 1.82) is 0 Å². The van der Waals surface area contributed by atoms with Crippen LogP contribution in [-0.4, -0.2) is 87.5 Å². The topological polar surface area (TPSA) is 149 Å². The predicted octanol–water partition coefficient (Wildman–Crippen LogP) is 11.0. The lowest BCUT2D eigenvalue weighted by Gasteiger charge is -2.40. The van der Waals surface area contributed by atoms with Crippen LogP contribution in [-0.2, 0) is 14.3 Å². The summed E-state index contributed by atoms with van der Waals surface area (Å²) in [5, 5.41) is 54.3. The number of aliphatic hydroxyl groups is 5. The fourth-order valence-electron chi connectivity index (χ4n) is 7.63. The van der Waals surface area contributed by atoms with Crippen molar-refractivity contribution in [1.82, 2.24) is 5.32 Å². The van der Waals surface area contributed by atoms with Gasteiger partial charge in [-0.25, -0.2) is 0 Å². The van der Waals surface area contributed by atoms with Crippen molar-refractivity contribution in [2.45, 2.75) is 256 Å². The van der Waals surface area contributed by atoms with Crippen LogP contribution in [0.25, 0.3) is 0 Å². The number of hydrogen-bond acceptors (Lipinski definition) is 8. The SMILES string of the molecule is CCCCCCC/C=C\C/C=C\C/C=C\CCCCCCCCC(=O)NC(COC1OC(CO)C(O)C(O)C1O)C(O)/C=C/CCCCCCCCCCCCCCCC. The zero-order chi connectivity index (χ0) is 43.7. The molecule has 0 aromatic heterocycles. The molecule has 0 aromatic rings. The summed E-state index contributed by atoms with van der Waals surface area (Å²) in [4.78, 5) is 13.0. The van der Waals surface area contributed by atoms with Crippen LogP contribution in [0.1, 0.15) is 213 Å². The summed E-state index contributed by atoms with van der Waals surface area (Å²) in [5.74, 6) is -0.190. The van der Waals surface area contributed by atoms with Crippen molar-refractivity contribution in [2.24, 2.45) is 0 Å². The molecular formula is C51H93NO8. The highest BCUT2D eigenvalue weighted by Gasteiger charge is 2.44. The first-order valence-electron chi connectivity index (χ1n) is 24.9. The quantitative estimate of drug-likeness (QED) is 0.0263. The lowest BCUT2D eigenvalue weighted by atomic mass is 9.99. The summed E-state index contributed by atoms with van der Waals surface area (Å²) >= 11 is 0. The second-order valence-corrected chi connectivity index (χ2v) is 17.3. The van der Waals surface area contributed by atoms with Gasteiger partial charge in [0.1, 0.15) is 24.4 Å². The van der Waals surface area contributed by atoms with E-state index in [1.165, 1.54) is 128 Å². The fraction of sp³-hybridized carbons (Fsp3) is 0.824. The smallest absolute Gasteiger partial charge is 0.220 e. The van der Waals surface area contributed by atoms with Gasteiger partial charge in [-0.3, -0.25) is 4.79 Å². The van der Waals surface area contributed by atoms with Crippen molar-refractivity contribution in [3.05, 3.63) is 48.6 Å². The number of unbranched alkanes of at least 4 members (excludes halogenated alkanes) is 25. The highest BCUT2D eigenvalue weighted by molar-refractivity contribution is 5.76. The Balaban J connectivity index is 2.33. The average Bonchev–Trinajstić information content (AvgIpc) is 3.25. The Hall–Kier alpha value is -1.85. The minimum Gasteiger partial charge on any atom is -0.394 e. The maximum Gasteiger partial charge on any atom is 0.220 e. The monoisotopic (exact) mass is 848 g/mol. The van der Waals surface area contributed by atoms with Gasteiger partial charge in [0.2, 0.25) is 5.91 Å². The van der Waals surface area contributed by atoms with E-state index in [-0.39, 0.29) is 12.5 Å². The molecular weight excluding hydrogens is 755 g/mol. The van der Waals surface area contributed by atoms with Gasteiger partial charge in [-0.05, 0) is 57.8 Å². The average molecular weight is 848 g/mol. The highest BCUT2D eigenvalue weighted by Crippen LogP contribution is 2.23. The van der Waals surface area contributed by atoms with E-state index in [4.69, 9.17) is 9.47 Å². The van der Waals surface area contributed by atoms with Crippen LogP contribution in [0.5, 0.6) is 0 Å². The van der Waals surface area contributed by atoms with Gasteiger partial charge in [0.05, 0.1) is 25.4 Å². The van der Waals surface area contributed by atoms with E-state index in [1.807, 2.05) is 6.08 Å². The molecule has 0 saturated carbocycles. The van der Waals surface area contributed by atoms with Crippen molar-refractivity contribution < 1.29 is 39.8 Å². The van der Waals surface area contributed by atoms with Crippen molar-refractivity contribution >= 4 is 5.91 Å². The van der Waals surface area contributed by atoms with Gasteiger partial charge in [0, 0.05) is 6.42 Å². The second-order valence-electron chi connectivity index (χ2n) is 17.3. The molecule has 7 atom stereocenters. The largest absolute Gasteiger partial charge is 0.394 e. The molecule has 1 fully saturated rings. The van der Waals surface area contributed by atoms with E-state index in [0.717, 1.165) is 64.2 Å². The standard InChI is InChI=1S/C51H93NO8/c1-3-5-7-9-11-13-15-17-19-21-22-23-24-25-27-29-31-33-35-37-39-41-47(55)52-44(43-59-51-50(58)49(57)48(56)46(42-53)60-51)45(54)40-38-36-34-32-30-28-26-20-18-16-14-12-10-8-6-4-2/h15,17,21-22,24-25,38,40,44-46,48-51,53-54,56-58H,3-14,16,18-20,23,26-37,39,41-43H2,1-2H3,(H,52,55)/b17-15-,22-21-,25-24-,40-38+. The summed E-state index contributed by atoms with van der Waals surface area (Å²) in [6, 6.07) is -0.812. The molecule has 7 unspecified atom stereocenters. The number of allylic oxidation sites excluding steroid dienone is 7. The lowest BCUT2D eigenvalue weighted by Crippen LogP contribution is -2.60. The van der Waals surface area contributed by atoms with E-state index >= 15 is 0 Å². The van der Waals surface area contributed by atoms with Crippen LogP contribution < -0.4 is 5.32 Å². The summed E-state index contributed by atoms with van der Waals surface area (Å²) in [5.41, 5.74) is 0. The van der Waals surface area contributed by atoms with Gasteiger partial charge in [0.25, 0.3) is 0 Å². The molecule has 6 N–H and O–H groups in total.